The summed E-state index contributed by atoms with van der Waals surface area (Å²) in [5.41, 5.74) is 3.85. The summed E-state index contributed by atoms with van der Waals surface area (Å²) in [6.45, 7) is 2.11. The molecule has 2 aromatic carbocycles. The number of nitrogens with one attached hydrogen (secondary N) is 1. The van der Waals surface area contributed by atoms with Crippen LogP contribution in [0.25, 0.3) is 0 Å². The van der Waals surface area contributed by atoms with Crippen molar-refractivity contribution < 1.29 is 14.0 Å². The average molecular weight is 392 g/mol. The van der Waals surface area contributed by atoms with Gasteiger partial charge in [0.1, 0.15) is 5.37 Å². The lowest BCUT2D eigenvalue weighted by Crippen LogP contribution is -2.27. The Morgan fingerprint density at radius 1 is 1.14 bits per heavy atom. The van der Waals surface area contributed by atoms with Gasteiger partial charge in [0.05, 0.1) is 12.0 Å². The van der Waals surface area contributed by atoms with Gasteiger partial charge < -0.3 is 9.73 Å². The molecule has 1 aromatic heterocycles. The van der Waals surface area contributed by atoms with Crippen LogP contribution in [0, 0.1) is 0 Å². The highest BCUT2D eigenvalue weighted by atomic mass is 32.2. The van der Waals surface area contributed by atoms with Crippen LogP contribution < -0.4 is 10.2 Å². The molecular formula is C22H20N2O3S. The van der Waals surface area contributed by atoms with Gasteiger partial charge in [-0.2, -0.15) is 0 Å². The summed E-state index contributed by atoms with van der Waals surface area (Å²) >= 11 is 1.61. The van der Waals surface area contributed by atoms with Crippen LogP contribution in [0.4, 0.5) is 11.4 Å². The van der Waals surface area contributed by atoms with Crippen molar-refractivity contribution in [3.05, 3.63) is 83.8 Å². The highest BCUT2D eigenvalue weighted by molar-refractivity contribution is 8.00. The Labute approximate surface area is 167 Å². The SMILES string of the molecule is CCc1ccc(N2C(=O)CSC2c2ccc(NC(=O)c3ccco3)cc2)cc1. The van der Waals surface area contributed by atoms with Crippen molar-refractivity contribution >= 4 is 35.0 Å². The summed E-state index contributed by atoms with van der Waals surface area (Å²) in [5.74, 6) is 0.537. The number of hydrogen-bond donors (Lipinski definition) is 1. The van der Waals surface area contributed by atoms with E-state index in [1.54, 1.807) is 23.9 Å². The van der Waals surface area contributed by atoms with Crippen LogP contribution in [-0.2, 0) is 11.2 Å². The highest BCUT2D eigenvalue weighted by Gasteiger charge is 2.33. The summed E-state index contributed by atoms with van der Waals surface area (Å²) in [4.78, 5) is 26.4. The van der Waals surface area contributed by atoms with E-state index in [2.05, 4.69) is 24.4 Å². The van der Waals surface area contributed by atoms with Crippen LogP contribution >= 0.6 is 11.8 Å². The van der Waals surface area contributed by atoms with Gasteiger partial charge in [-0.15, -0.1) is 11.8 Å². The smallest absolute Gasteiger partial charge is 0.291 e. The zero-order valence-electron chi connectivity index (χ0n) is 15.4. The van der Waals surface area contributed by atoms with Crippen LogP contribution in [0.2, 0.25) is 0 Å². The third-order valence-electron chi connectivity index (χ3n) is 4.69. The van der Waals surface area contributed by atoms with Crippen molar-refractivity contribution in [3.8, 4) is 0 Å². The first-order valence-corrected chi connectivity index (χ1v) is 10.2. The Bertz CT molecular complexity index is 966. The van der Waals surface area contributed by atoms with E-state index in [0.717, 1.165) is 17.7 Å². The van der Waals surface area contributed by atoms with Gasteiger partial charge in [0.2, 0.25) is 5.91 Å². The first-order chi connectivity index (χ1) is 13.7. The van der Waals surface area contributed by atoms with Crippen molar-refractivity contribution in [3.63, 3.8) is 0 Å². The molecule has 1 saturated heterocycles. The van der Waals surface area contributed by atoms with Crippen molar-refractivity contribution in [2.45, 2.75) is 18.7 Å². The molecule has 3 aromatic rings. The molecule has 1 atom stereocenters. The molecule has 2 amide bonds. The molecule has 28 heavy (non-hydrogen) atoms. The average Bonchev–Trinajstić information content (AvgIpc) is 3.39. The molecule has 5 nitrogen and oxygen atoms in total. The molecule has 0 aliphatic carbocycles. The highest BCUT2D eigenvalue weighted by Crippen LogP contribution is 2.42. The fourth-order valence-electron chi connectivity index (χ4n) is 3.17. The third kappa shape index (κ3) is 3.68. The molecule has 1 aliphatic heterocycles. The van der Waals surface area contributed by atoms with Gasteiger partial charge in [-0.25, -0.2) is 0 Å². The first kappa shape index (κ1) is 18.4. The number of amides is 2. The first-order valence-electron chi connectivity index (χ1n) is 9.13. The Kier molecular flexibility index (Phi) is 5.21. The zero-order valence-corrected chi connectivity index (χ0v) is 16.2. The lowest BCUT2D eigenvalue weighted by molar-refractivity contribution is -0.115. The van der Waals surface area contributed by atoms with E-state index in [1.807, 2.05) is 41.3 Å². The van der Waals surface area contributed by atoms with Gasteiger partial charge in [-0.3, -0.25) is 14.5 Å². The molecule has 0 bridgehead atoms. The largest absolute Gasteiger partial charge is 0.459 e. The number of benzene rings is 2. The Balaban J connectivity index is 1.52. The molecule has 1 N–H and O–H groups in total. The molecule has 0 spiro atoms. The minimum atomic E-state index is -0.291. The van der Waals surface area contributed by atoms with E-state index in [9.17, 15) is 9.59 Å². The van der Waals surface area contributed by atoms with E-state index < -0.39 is 0 Å². The van der Waals surface area contributed by atoms with Gasteiger partial charge in [0.25, 0.3) is 5.91 Å². The maximum Gasteiger partial charge on any atom is 0.291 e. The molecule has 142 valence electrons. The van der Waals surface area contributed by atoms with E-state index in [0.29, 0.717) is 11.4 Å². The van der Waals surface area contributed by atoms with Crippen LogP contribution in [0.3, 0.4) is 0 Å². The van der Waals surface area contributed by atoms with Gasteiger partial charge in [-0.1, -0.05) is 31.2 Å². The molecule has 0 radical (unpaired) electrons. The normalized spacial score (nSPS) is 16.4. The second-order valence-corrected chi connectivity index (χ2v) is 7.57. The summed E-state index contributed by atoms with van der Waals surface area (Å²) in [7, 11) is 0. The van der Waals surface area contributed by atoms with Crippen molar-refractivity contribution in [1.82, 2.24) is 0 Å². The molecule has 1 fully saturated rings. The number of anilines is 2. The summed E-state index contributed by atoms with van der Waals surface area (Å²) in [6, 6.07) is 19.0. The standard InChI is InChI=1S/C22H20N2O3S/c1-2-15-5-11-18(12-6-15)24-20(25)14-28-22(24)16-7-9-17(10-8-16)23-21(26)19-4-3-13-27-19/h3-13,22H,2,14H2,1H3,(H,23,26). The second-order valence-electron chi connectivity index (χ2n) is 6.50. The second kappa shape index (κ2) is 7.94. The van der Waals surface area contributed by atoms with E-state index in [1.165, 1.54) is 11.8 Å². The number of rotatable bonds is 5. The Morgan fingerprint density at radius 2 is 1.89 bits per heavy atom. The molecule has 6 heteroatoms. The fourth-order valence-corrected chi connectivity index (χ4v) is 4.35. The van der Waals surface area contributed by atoms with E-state index in [-0.39, 0.29) is 22.9 Å². The topological polar surface area (TPSA) is 62.6 Å². The number of furan rings is 1. The summed E-state index contributed by atoms with van der Waals surface area (Å²) in [6.07, 6.45) is 2.44. The lowest BCUT2D eigenvalue weighted by Gasteiger charge is -2.24. The lowest BCUT2D eigenvalue weighted by atomic mass is 10.1. The maximum absolute atomic E-state index is 12.5. The number of hydrogen-bond acceptors (Lipinski definition) is 4. The number of aryl methyl sites for hydroxylation is 1. The third-order valence-corrected chi connectivity index (χ3v) is 5.90. The number of carbonyl (C=O) groups excluding carboxylic acids is 2. The predicted molar refractivity (Wildman–Crippen MR) is 112 cm³/mol. The minimum Gasteiger partial charge on any atom is -0.459 e. The number of nitrogens with zero attached hydrogens (tertiary/aromatic N) is 1. The maximum atomic E-state index is 12.5. The monoisotopic (exact) mass is 392 g/mol. The molecular weight excluding hydrogens is 372 g/mol. The molecule has 0 saturated carbocycles. The zero-order chi connectivity index (χ0) is 19.5. The molecule has 2 heterocycles. The van der Waals surface area contributed by atoms with E-state index >= 15 is 0 Å². The Morgan fingerprint density at radius 3 is 2.54 bits per heavy atom. The number of carbonyl (C=O) groups is 2. The van der Waals surface area contributed by atoms with Crippen LogP contribution in [0.1, 0.15) is 34.0 Å². The summed E-state index contributed by atoms with van der Waals surface area (Å²) in [5, 5.41) is 2.73. The van der Waals surface area contributed by atoms with Crippen molar-refractivity contribution in [1.29, 1.82) is 0 Å². The minimum absolute atomic E-state index is 0.0743. The predicted octanol–water partition coefficient (Wildman–Crippen LogP) is 4.87. The quantitative estimate of drug-likeness (QED) is 0.673. The molecule has 1 aliphatic rings. The van der Waals surface area contributed by atoms with Crippen LogP contribution in [-0.4, -0.2) is 17.6 Å². The fraction of sp³-hybridized carbons (Fsp3) is 0.182. The van der Waals surface area contributed by atoms with Gasteiger partial charge in [0, 0.05) is 11.4 Å². The van der Waals surface area contributed by atoms with Gasteiger partial charge >= 0.3 is 0 Å². The number of thioether (sulfide) groups is 1. The Hall–Kier alpha value is -2.99. The van der Waals surface area contributed by atoms with Gasteiger partial charge in [0.15, 0.2) is 5.76 Å². The summed E-state index contributed by atoms with van der Waals surface area (Å²) < 4.78 is 5.10. The molecule has 4 rings (SSSR count). The van der Waals surface area contributed by atoms with E-state index in [4.69, 9.17) is 4.42 Å². The van der Waals surface area contributed by atoms with Crippen LogP contribution in [0.5, 0.6) is 0 Å². The molecule has 1 unspecified atom stereocenters. The van der Waals surface area contributed by atoms with Gasteiger partial charge in [-0.05, 0) is 53.9 Å². The van der Waals surface area contributed by atoms with Crippen LogP contribution in [0.15, 0.2) is 71.3 Å². The van der Waals surface area contributed by atoms with Crippen molar-refractivity contribution in [2.75, 3.05) is 16.0 Å². The van der Waals surface area contributed by atoms with Crippen molar-refractivity contribution in [2.24, 2.45) is 0 Å².